The van der Waals surface area contributed by atoms with Gasteiger partial charge in [-0.3, -0.25) is 9.78 Å². The molecule has 1 aromatic carbocycles. The van der Waals surface area contributed by atoms with Gasteiger partial charge in [-0.2, -0.15) is 0 Å². The van der Waals surface area contributed by atoms with Crippen molar-refractivity contribution in [3.63, 3.8) is 0 Å². The fourth-order valence-corrected chi connectivity index (χ4v) is 2.61. The molecule has 0 unspecified atom stereocenters. The van der Waals surface area contributed by atoms with E-state index in [9.17, 15) is 14.0 Å². The van der Waals surface area contributed by atoms with Crippen molar-refractivity contribution in [3.8, 4) is 0 Å². The van der Waals surface area contributed by atoms with Gasteiger partial charge >= 0.3 is 5.97 Å². The summed E-state index contributed by atoms with van der Waals surface area (Å²) in [6.07, 6.45) is -1.02. The van der Waals surface area contributed by atoms with Gasteiger partial charge < -0.3 is 14.7 Å². The minimum Gasteiger partial charge on any atom is -0.479 e. The van der Waals surface area contributed by atoms with Gasteiger partial charge in [0.2, 0.25) is 0 Å². The summed E-state index contributed by atoms with van der Waals surface area (Å²) in [5.41, 5.74) is 1.34. The maximum absolute atomic E-state index is 13.3. The van der Waals surface area contributed by atoms with Crippen molar-refractivity contribution in [2.75, 3.05) is 19.7 Å². The number of carboxylic acid groups (broad SMARTS) is 1. The summed E-state index contributed by atoms with van der Waals surface area (Å²) < 4.78 is 18.4. The van der Waals surface area contributed by atoms with Gasteiger partial charge in [0.05, 0.1) is 29.9 Å². The smallest absolute Gasteiger partial charge is 0.334 e. The molecule has 1 saturated heterocycles. The lowest BCUT2D eigenvalue weighted by molar-refractivity contribution is -0.154. The highest BCUT2D eigenvalue weighted by atomic mass is 19.1. The SMILES string of the molecule is Cc1nc2cc(F)ccc2cc1C(=O)N1CCO[C@H](C(=O)O)C1. The Morgan fingerprint density at radius 2 is 2.17 bits per heavy atom. The molecule has 1 fully saturated rings. The number of carbonyl (C=O) groups excluding carboxylic acids is 1. The van der Waals surface area contributed by atoms with Crippen LogP contribution < -0.4 is 0 Å². The summed E-state index contributed by atoms with van der Waals surface area (Å²) in [6.45, 7) is 2.17. The predicted molar refractivity (Wildman–Crippen MR) is 79.7 cm³/mol. The maximum atomic E-state index is 13.3. The summed E-state index contributed by atoms with van der Waals surface area (Å²) >= 11 is 0. The fourth-order valence-electron chi connectivity index (χ4n) is 2.61. The van der Waals surface area contributed by atoms with Crippen LogP contribution in [0.2, 0.25) is 0 Å². The fraction of sp³-hybridized carbons (Fsp3) is 0.312. The molecule has 2 heterocycles. The number of nitrogens with zero attached hydrogens (tertiary/aromatic N) is 2. The van der Waals surface area contributed by atoms with Crippen LogP contribution in [0.5, 0.6) is 0 Å². The molecule has 23 heavy (non-hydrogen) atoms. The van der Waals surface area contributed by atoms with E-state index in [0.717, 1.165) is 0 Å². The molecule has 3 rings (SSSR count). The molecule has 1 aromatic heterocycles. The van der Waals surface area contributed by atoms with Crippen LogP contribution in [0.3, 0.4) is 0 Å². The predicted octanol–water partition coefficient (Wildman–Crippen LogP) is 1.61. The molecule has 0 bridgehead atoms. The van der Waals surface area contributed by atoms with Crippen molar-refractivity contribution in [3.05, 3.63) is 41.3 Å². The number of fused-ring (bicyclic) bond motifs is 1. The van der Waals surface area contributed by atoms with Gasteiger partial charge in [0.15, 0.2) is 6.10 Å². The Bertz CT molecular complexity index is 793. The Balaban J connectivity index is 1.92. The van der Waals surface area contributed by atoms with Crippen LogP contribution in [-0.2, 0) is 9.53 Å². The summed E-state index contributed by atoms with van der Waals surface area (Å²) in [7, 11) is 0. The van der Waals surface area contributed by atoms with E-state index in [0.29, 0.717) is 28.7 Å². The molecule has 2 aromatic rings. The summed E-state index contributed by atoms with van der Waals surface area (Å²) in [5.74, 6) is -1.77. The molecule has 7 heteroatoms. The lowest BCUT2D eigenvalue weighted by atomic mass is 10.1. The summed E-state index contributed by atoms with van der Waals surface area (Å²) in [6, 6.07) is 5.84. The number of pyridine rings is 1. The second-order valence-electron chi connectivity index (χ2n) is 5.41. The number of amides is 1. The molecule has 0 radical (unpaired) electrons. The van der Waals surface area contributed by atoms with Gasteiger partial charge in [-0.1, -0.05) is 0 Å². The number of benzene rings is 1. The number of hydrogen-bond acceptors (Lipinski definition) is 4. The van der Waals surface area contributed by atoms with Gasteiger partial charge in [-0.25, -0.2) is 9.18 Å². The monoisotopic (exact) mass is 318 g/mol. The number of carbonyl (C=O) groups is 2. The van der Waals surface area contributed by atoms with Crippen LogP contribution in [0.1, 0.15) is 16.1 Å². The normalized spacial score (nSPS) is 18.2. The van der Waals surface area contributed by atoms with Gasteiger partial charge in [0.1, 0.15) is 5.82 Å². The maximum Gasteiger partial charge on any atom is 0.334 e. The van der Waals surface area contributed by atoms with E-state index >= 15 is 0 Å². The molecule has 120 valence electrons. The Morgan fingerprint density at radius 1 is 1.39 bits per heavy atom. The van der Waals surface area contributed by atoms with E-state index in [-0.39, 0.29) is 24.9 Å². The number of halogens is 1. The number of morpholine rings is 1. The lowest BCUT2D eigenvalue weighted by Gasteiger charge is -2.31. The Hall–Kier alpha value is -2.54. The Morgan fingerprint density at radius 3 is 2.91 bits per heavy atom. The third-order valence-corrected chi connectivity index (χ3v) is 3.83. The number of aromatic nitrogens is 1. The number of aliphatic carboxylic acids is 1. The largest absolute Gasteiger partial charge is 0.479 e. The third kappa shape index (κ3) is 3.00. The van der Waals surface area contributed by atoms with Gasteiger partial charge in [-0.05, 0) is 25.1 Å². The molecular weight excluding hydrogens is 303 g/mol. The molecule has 1 atom stereocenters. The van der Waals surface area contributed by atoms with Crippen LogP contribution in [-0.4, -0.2) is 52.7 Å². The van der Waals surface area contributed by atoms with Crippen molar-refractivity contribution in [1.29, 1.82) is 0 Å². The number of carboxylic acids is 1. The summed E-state index contributed by atoms with van der Waals surface area (Å²) in [4.78, 5) is 29.4. The first-order chi connectivity index (χ1) is 11.0. The van der Waals surface area contributed by atoms with E-state index in [4.69, 9.17) is 9.84 Å². The average molecular weight is 318 g/mol. The first-order valence-corrected chi connectivity index (χ1v) is 7.16. The van der Waals surface area contributed by atoms with Crippen molar-refractivity contribution in [2.24, 2.45) is 0 Å². The number of hydrogen-bond donors (Lipinski definition) is 1. The number of rotatable bonds is 2. The Labute approximate surface area is 131 Å². The quantitative estimate of drug-likeness (QED) is 0.910. The highest BCUT2D eigenvalue weighted by Crippen LogP contribution is 2.20. The zero-order valence-electron chi connectivity index (χ0n) is 12.5. The van der Waals surface area contributed by atoms with Gasteiger partial charge in [-0.15, -0.1) is 0 Å². The van der Waals surface area contributed by atoms with E-state index in [1.165, 1.54) is 17.0 Å². The Kier molecular flexibility index (Phi) is 3.96. The van der Waals surface area contributed by atoms with Crippen LogP contribution >= 0.6 is 0 Å². The molecule has 0 aliphatic carbocycles. The minimum atomic E-state index is -1.09. The third-order valence-electron chi connectivity index (χ3n) is 3.83. The molecule has 1 aliphatic heterocycles. The highest BCUT2D eigenvalue weighted by Gasteiger charge is 2.30. The van der Waals surface area contributed by atoms with E-state index in [2.05, 4.69) is 4.98 Å². The average Bonchev–Trinajstić information content (AvgIpc) is 2.53. The second kappa shape index (κ2) is 5.92. The van der Waals surface area contributed by atoms with Crippen molar-refractivity contribution >= 4 is 22.8 Å². The molecule has 1 amide bonds. The van der Waals surface area contributed by atoms with Crippen LogP contribution in [0.15, 0.2) is 24.3 Å². The zero-order chi connectivity index (χ0) is 16.6. The lowest BCUT2D eigenvalue weighted by Crippen LogP contribution is -2.48. The van der Waals surface area contributed by atoms with Crippen LogP contribution in [0.4, 0.5) is 4.39 Å². The molecule has 1 N–H and O–H groups in total. The molecule has 0 saturated carbocycles. The van der Waals surface area contributed by atoms with E-state index in [1.807, 2.05) is 0 Å². The topological polar surface area (TPSA) is 79.7 Å². The minimum absolute atomic E-state index is 0.00490. The van der Waals surface area contributed by atoms with Crippen molar-refractivity contribution < 1.29 is 23.8 Å². The van der Waals surface area contributed by atoms with E-state index < -0.39 is 12.1 Å². The standard InChI is InChI=1S/C16H15FN2O4/c1-9-12(6-10-2-3-11(17)7-13(10)18-9)15(20)19-4-5-23-14(8-19)16(21)22/h2-3,6-7,14H,4-5,8H2,1H3,(H,21,22)/t14-/m0/s1. The molecular formula is C16H15FN2O4. The van der Waals surface area contributed by atoms with Crippen molar-refractivity contribution in [2.45, 2.75) is 13.0 Å². The highest BCUT2D eigenvalue weighted by molar-refractivity contribution is 5.99. The second-order valence-corrected chi connectivity index (χ2v) is 5.41. The molecule has 6 nitrogen and oxygen atoms in total. The van der Waals surface area contributed by atoms with E-state index in [1.54, 1.807) is 19.1 Å². The number of ether oxygens (including phenoxy) is 1. The van der Waals surface area contributed by atoms with Crippen molar-refractivity contribution in [1.82, 2.24) is 9.88 Å². The first-order valence-electron chi connectivity index (χ1n) is 7.16. The summed E-state index contributed by atoms with van der Waals surface area (Å²) in [5, 5.41) is 9.68. The van der Waals surface area contributed by atoms with Gasteiger partial charge in [0, 0.05) is 18.0 Å². The van der Waals surface area contributed by atoms with Crippen LogP contribution in [0, 0.1) is 12.7 Å². The zero-order valence-corrected chi connectivity index (χ0v) is 12.5. The molecule has 0 spiro atoms. The number of aryl methyl sites for hydroxylation is 1. The molecule has 1 aliphatic rings. The van der Waals surface area contributed by atoms with Crippen LogP contribution in [0.25, 0.3) is 10.9 Å². The van der Waals surface area contributed by atoms with Gasteiger partial charge in [0.25, 0.3) is 5.91 Å². The first kappa shape index (κ1) is 15.4.